The van der Waals surface area contributed by atoms with Gasteiger partial charge in [-0.2, -0.15) is 0 Å². The van der Waals surface area contributed by atoms with Crippen LogP contribution in [0, 0.1) is 5.92 Å². The van der Waals surface area contributed by atoms with Crippen LogP contribution in [0.5, 0.6) is 0 Å². The van der Waals surface area contributed by atoms with E-state index in [9.17, 15) is 4.79 Å². The first-order valence-corrected chi connectivity index (χ1v) is 7.78. The number of carbonyl (C=O) groups is 1. The third kappa shape index (κ3) is 4.21. The minimum absolute atomic E-state index is 0.141. The summed E-state index contributed by atoms with van der Waals surface area (Å²) in [5.41, 5.74) is 3.23. The summed E-state index contributed by atoms with van der Waals surface area (Å²) in [6, 6.07) is 6.06. The van der Waals surface area contributed by atoms with E-state index in [1.165, 1.54) is 5.56 Å². The van der Waals surface area contributed by atoms with Gasteiger partial charge in [-0.25, -0.2) is 0 Å². The monoisotopic (exact) mass is 289 g/mol. The molecule has 4 heteroatoms. The zero-order valence-electron chi connectivity index (χ0n) is 13.6. The molecule has 0 atom stereocenters. The fraction of sp³-hybridized carbons (Fsp3) is 0.588. The molecule has 1 heterocycles. The van der Waals surface area contributed by atoms with Crippen LogP contribution < -0.4 is 5.32 Å². The summed E-state index contributed by atoms with van der Waals surface area (Å²) in [6.07, 6.45) is 1.06. The standard InChI is InChI=1S/C17H27N3O/c1-13(2)12-20(10-9-19(3)4)17(21)15-6-5-14-7-8-18-16(14)11-15/h5-6,11,13,18H,7-10,12H2,1-4H3. The van der Waals surface area contributed by atoms with Crippen LogP contribution in [0.2, 0.25) is 0 Å². The maximum atomic E-state index is 12.8. The number of amides is 1. The number of carbonyl (C=O) groups excluding carboxylic acids is 1. The van der Waals surface area contributed by atoms with Gasteiger partial charge in [0, 0.05) is 37.4 Å². The number of benzene rings is 1. The summed E-state index contributed by atoms with van der Waals surface area (Å²) in [4.78, 5) is 16.9. The SMILES string of the molecule is CC(C)CN(CCN(C)C)C(=O)c1ccc2c(c1)NCC2. The van der Waals surface area contributed by atoms with E-state index in [2.05, 4.69) is 30.1 Å². The molecule has 4 nitrogen and oxygen atoms in total. The number of anilines is 1. The highest BCUT2D eigenvalue weighted by Crippen LogP contribution is 2.24. The lowest BCUT2D eigenvalue weighted by Gasteiger charge is -2.26. The number of nitrogens with zero attached hydrogens (tertiary/aromatic N) is 2. The zero-order chi connectivity index (χ0) is 15.4. The Morgan fingerprint density at radius 2 is 2.05 bits per heavy atom. The first-order chi connectivity index (χ1) is 9.97. The van der Waals surface area contributed by atoms with Crippen LogP contribution in [0.25, 0.3) is 0 Å². The van der Waals surface area contributed by atoms with E-state index >= 15 is 0 Å². The molecule has 1 N–H and O–H groups in total. The van der Waals surface area contributed by atoms with Crippen molar-refractivity contribution in [3.8, 4) is 0 Å². The Bertz CT molecular complexity index is 497. The third-order valence-electron chi connectivity index (χ3n) is 3.76. The largest absolute Gasteiger partial charge is 0.384 e. The minimum atomic E-state index is 0.141. The summed E-state index contributed by atoms with van der Waals surface area (Å²) in [5, 5.41) is 3.35. The Labute approximate surface area is 128 Å². The second kappa shape index (κ2) is 6.94. The normalized spacial score (nSPS) is 13.4. The van der Waals surface area contributed by atoms with Gasteiger partial charge in [0.15, 0.2) is 0 Å². The van der Waals surface area contributed by atoms with Crippen LogP contribution >= 0.6 is 0 Å². The second-order valence-electron chi connectivity index (χ2n) is 6.50. The van der Waals surface area contributed by atoms with E-state index in [1.807, 2.05) is 31.1 Å². The van der Waals surface area contributed by atoms with Crippen LogP contribution in [0.1, 0.15) is 29.8 Å². The molecule has 0 saturated heterocycles. The molecule has 116 valence electrons. The smallest absolute Gasteiger partial charge is 0.253 e. The summed E-state index contributed by atoms with van der Waals surface area (Å²) in [6.45, 7) is 7.75. The van der Waals surface area contributed by atoms with Gasteiger partial charge in [-0.1, -0.05) is 19.9 Å². The molecule has 1 aliphatic rings. The van der Waals surface area contributed by atoms with Gasteiger partial charge in [-0.3, -0.25) is 4.79 Å². The topological polar surface area (TPSA) is 35.6 Å². The quantitative estimate of drug-likeness (QED) is 0.873. The van der Waals surface area contributed by atoms with Gasteiger partial charge in [0.1, 0.15) is 0 Å². The van der Waals surface area contributed by atoms with Crippen molar-refractivity contribution >= 4 is 11.6 Å². The average Bonchev–Trinajstić information content (AvgIpc) is 2.89. The molecule has 0 radical (unpaired) electrons. The van der Waals surface area contributed by atoms with Crippen LogP contribution in [0.3, 0.4) is 0 Å². The van der Waals surface area contributed by atoms with Gasteiger partial charge in [0.05, 0.1) is 0 Å². The molecule has 0 spiro atoms. The summed E-state index contributed by atoms with van der Waals surface area (Å²) in [5.74, 6) is 0.616. The van der Waals surface area contributed by atoms with Crippen LogP contribution in [-0.2, 0) is 6.42 Å². The number of rotatable bonds is 6. The lowest BCUT2D eigenvalue weighted by molar-refractivity contribution is 0.0725. The van der Waals surface area contributed by atoms with Crippen LogP contribution in [0.15, 0.2) is 18.2 Å². The summed E-state index contributed by atoms with van der Waals surface area (Å²) in [7, 11) is 4.08. The molecule has 2 rings (SSSR count). The predicted molar refractivity (Wildman–Crippen MR) is 87.9 cm³/mol. The van der Waals surface area contributed by atoms with E-state index in [1.54, 1.807) is 0 Å². The highest BCUT2D eigenvalue weighted by atomic mass is 16.2. The van der Waals surface area contributed by atoms with Gasteiger partial charge < -0.3 is 15.1 Å². The molecular formula is C17H27N3O. The maximum absolute atomic E-state index is 12.8. The second-order valence-corrected chi connectivity index (χ2v) is 6.50. The van der Waals surface area contributed by atoms with E-state index in [-0.39, 0.29) is 5.91 Å². The molecule has 21 heavy (non-hydrogen) atoms. The van der Waals surface area contributed by atoms with E-state index < -0.39 is 0 Å². The Morgan fingerprint density at radius 3 is 2.71 bits per heavy atom. The van der Waals surface area contributed by atoms with Crippen molar-refractivity contribution in [3.63, 3.8) is 0 Å². The molecular weight excluding hydrogens is 262 g/mol. The first kappa shape index (κ1) is 15.8. The van der Waals surface area contributed by atoms with E-state index in [4.69, 9.17) is 0 Å². The van der Waals surface area contributed by atoms with Gasteiger partial charge in [0.25, 0.3) is 5.91 Å². The predicted octanol–water partition coefficient (Wildman–Crippen LogP) is 2.31. The molecule has 0 bridgehead atoms. The molecule has 0 aromatic heterocycles. The summed E-state index contributed by atoms with van der Waals surface area (Å²) >= 11 is 0. The van der Waals surface area contributed by atoms with Crippen molar-refractivity contribution in [2.24, 2.45) is 5.92 Å². The summed E-state index contributed by atoms with van der Waals surface area (Å²) < 4.78 is 0. The van der Waals surface area contributed by atoms with Crippen molar-refractivity contribution in [2.75, 3.05) is 45.6 Å². The third-order valence-corrected chi connectivity index (χ3v) is 3.76. The number of hydrogen-bond acceptors (Lipinski definition) is 3. The van der Waals surface area contributed by atoms with Crippen LogP contribution in [-0.4, -0.2) is 56.0 Å². The van der Waals surface area contributed by atoms with Crippen molar-refractivity contribution in [3.05, 3.63) is 29.3 Å². The Morgan fingerprint density at radius 1 is 1.29 bits per heavy atom. The fourth-order valence-electron chi connectivity index (χ4n) is 2.64. The minimum Gasteiger partial charge on any atom is -0.384 e. The van der Waals surface area contributed by atoms with Crippen molar-refractivity contribution in [2.45, 2.75) is 20.3 Å². The number of nitrogens with one attached hydrogen (secondary N) is 1. The Kier molecular flexibility index (Phi) is 5.23. The van der Waals surface area contributed by atoms with E-state index in [0.717, 1.165) is 43.9 Å². The van der Waals surface area contributed by atoms with E-state index in [0.29, 0.717) is 5.92 Å². The highest BCUT2D eigenvalue weighted by molar-refractivity contribution is 5.95. The first-order valence-electron chi connectivity index (χ1n) is 7.78. The molecule has 1 amide bonds. The number of likely N-dealkylation sites (N-methyl/N-ethyl adjacent to an activating group) is 1. The van der Waals surface area contributed by atoms with Gasteiger partial charge in [0.2, 0.25) is 0 Å². The number of hydrogen-bond donors (Lipinski definition) is 1. The maximum Gasteiger partial charge on any atom is 0.253 e. The lowest BCUT2D eigenvalue weighted by Crippen LogP contribution is -2.39. The molecule has 1 aromatic rings. The van der Waals surface area contributed by atoms with Crippen molar-refractivity contribution in [1.82, 2.24) is 9.80 Å². The molecule has 0 aliphatic carbocycles. The van der Waals surface area contributed by atoms with Crippen LogP contribution in [0.4, 0.5) is 5.69 Å². The van der Waals surface area contributed by atoms with Crippen molar-refractivity contribution in [1.29, 1.82) is 0 Å². The zero-order valence-corrected chi connectivity index (χ0v) is 13.6. The molecule has 0 fully saturated rings. The number of fused-ring (bicyclic) bond motifs is 1. The Hall–Kier alpha value is -1.55. The van der Waals surface area contributed by atoms with Gasteiger partial charge >= 0.3 is 0 Å². The molecule has 0 saturated carbocycles. The molecule has 1 aromatic carbocycles. The van der Waals surface area contributed by atoms with Gasteiger partial charge in [-0.15, -0.1) is 0 Å². The average molecular weight is 289 g/mol. The lowest BCUT2D eigenvalue weighted by atomic mass is 10.1. The van der Waals surface area contributed by atoms with Crippen molar-refractivity contribution < 1.29 is 4.79 Å². The molecule has 1 aliphatic heterocycles. The highest BCUT2D eigenvalue weighted by Gasteiger charge is 2.19. The van der Waals surface area contributed by atoms with Gasteiger partial charge in [-0.05, 0) is 44.1 Å². The molecule has 0 unspecified atom stereocenters. The Balaban J connectivity index is 2.12. The fourth-order valence-corrected chi connectivity index (χ4v) is 2.64.